The molecule has 1 aromatic rings. The molecule has 120 valence electrons. The molecule has 0 radical (unpaired) electrons. The van der Waals surface area contributed by atoms with Gasteiger partial charge < -0.3 is 10.6 Å². The second kappa shape index (κ2) is 6.37. The van der Waals surface area contributed by atoms with E-state index in [1.165, 1.54) is 12.8 Å². The Hall–Kier alpha value is -2.42. The molecule has 0 saturated heterocycles. The minimum Gasteiger partial charge on any atom is -0.367 e. The normalized spacial score (nSPS) is 17.4. The number of nitrogens with one attached hydrogen (secondary N) is 2. The fraction of sp³-hybridized carbons (Fsp3) is 0.529. The smallest absolute Gasteiger partial charge is 0.251 e. The molecule has 2 N–H and O–H groups in total. The predicted octanol–water partition coefficient (Wildman–Crippen LogP) is 2.66. The van der Waals surface area contributed by atoms with Crippen molar-refractivity contribution in [2.45, 2.75) is 50.7 Å². The third-order valence-corrected chi connectivity index (χ3v) is 4.01. The number of aryl methyl sites for hydroxylation is 1. The van der Waals surface area contributed by atoms with Crippen LogP contribution in [0.4, 0.5) is 5.82 Å². The lowest BCUT2D eigenvalue weighted by molar-refractivity contribution is 0.0951. The molecule has 1 aliphatic carbocycles. The number of amides is 1. The van der Waals surface area contributed by atoms with Crippen molar-refractivity contribution < 1.29 is 4.79 Å². The number of pyridine rings is 1. The van der Waals surface area contributed by atoms with Crippen molar-refractivity contribution in [2.75, 3.05) is 11.9 Å². The lowest BCUT2D eigenvalue weighted by atomic mass is 10.0. The highest BCUT2D eigenvalue weighted by Gasteiger charge is 2.38. The summed E-state index contributed by atoms with van der Waals surface area (Å²) in [6, 6.07) is 4.11. The number of hydrogen-bond acceptors (Lipinski definition) is 5. The van der Waals surface area contributed by atoms with E-state index in [0.29, 0.717) is 31.0 Å². The number of rotatable bonds is 8. The summed E-state index contributed by atoms with van der Waals surface area (Å²) in [5.74, 6) is 3.28. The number of hydrogen-bond donors (Lipinski definition) is 2. The second-order valence-corrected chi connectivity index (χ2v) is 6.19. The molecule has 0 aromatic carbocycles. The van der Waals surface area contributed by atoms with Crippen LogP contribution in [0.2, 0.25) is 0 Å². The van der Waals surface area contributed by atoms with Gasteiger partial charge in [0.2, 0.25) is 0 Å². The maximum absolute atomic E-state index is 12.3. The van der Waals surface area contributed by atoms with Gasteiger partial charge in [-0.1, -0.05) is 0 Å². The van der Waals surface area contributed by atoms with E-state index in [1.54, 1.807) is 12.1 Å². The molecule has 2 heterocycles. The van der Waals surface area contributed by atoms with E-state index in [9.17, 15) is 4.79 Å². The summed E-state index contributed by atoms with van der Waals surface area (Å²) in [5, 5.41) is 14.4. The zero-order valence-electron chi connectivity index (χ0n) is 13.3. The molecular formula is C17H21N5O. The molecular weight excluding hydrogens is 290 g/mol. The average Bonchev–Trinajstić information content (AvgIpc) is 3.42. The van der Waals surface area contributed by atoms with E-state index in [-0.39, 0.29) is 11.6 Å². The van der Waals surface area contributed by atoms with Gasteiger partial charge in [-0.2, -0.15) is 10.2 Å². The molecule has 2 aliphatic rings. The Morgan fingerprint density at radius 2 is 2.17 bits per heavy atom. The minimum atomic E-state index is -0.355. The molecule has 0 spiro atoms. The molecule has 6 nitrogen and oxygen atoms in total. The summed E-state index contributed by atoms with van der Waals surface area (Å²) < 4.78 is 0. The summed E-state index contributed by atoms with van der Waals surface area (Å²) in [6.07, 6.45) is 9.71. The van der Waals surface area contributed by atoms with E-state index in [4.69, 9.17) is 6.42 Å². The lowest BCUT2D eigenvalue weighted by Crippen LogP contribution is -2.28. The summed E-state index contributed by atoms with van der Waals surface area (Å²) >= 11 is 0. The van der Waals surface area contributed by atoms with Crippen LogP contribution >= 0.6 is 0 Å². The first-order chi connectivity index (χ1) is 11.1. The average molecular weight is 311 g/mol. The molecule has 0 atom stereocenters. The van der Waals surface area contributed by atoms with Crippen molar-refractivity contribution >= 4 is 11.7 Å². The van der Waals surface area contributed by atoms with Crippen LogP contribution in [0.15, 0.2) is 22.4 Å². The van der Waals surface area contributed by atoms with Gasteiger partial charge in [0, 0.05) is 43.1 Å². The van der Waals surface area contributed by atoms with E-state index >= 15 is 0 Å². The Bertz CT molecular complexity index is 666. The number of carbonyl (C=O) groups is 1. The number of carbonyl (C=O) groups excluding carboxylic acids is 1. The fourth-order valence-electron chi connectivity index (χ4n) is 2.46. The van der Waals surface area contributed by atoms with Crippen LogP contribution in [0.25, 0.3) is 0 Å². The second-order valence-electron chi connectivity index (χ2n) is 6.19. The van der Waals surface area contributed by atoms with Crippen LogP contribution in [0, 0.1) is 19.3 Å². The van der Waals surface area contributed by atoms with E-state index in [0.717, 1.165) is 17.9 Å². The first kappa shape index (κ1) is 15.5. The van der Waals surface area contributed by atoms with Crippen LogP contribution in [-0.2, 0) is 0 Å². The van der Waals surface area contributed by atoms with Gasteiger partial charge in [-0.15, -0.1) is 12.3 Å². The highest BCUT2D eigenvalue weighted by molar-refractivity contribution is 5.95. The SMILES string of the molecule is C#CCCC1(CCNC(=O)c2cc(C)nc(NC3CC3)c2)N=N1. The topological polar surface area (TPSA) is 78.7 Å². The summed E-state index contributed by atoms with van der Waals surface area (Å²) in [6.45, 7) is 2.43. The van der Waals surface area contributed by atoms with Crippen molar-refractivity contribution in [3.05, 3.63) is 23.4 Å². The molecule has 0 bridgehead atoms. The van der Waals surface area contributed by atoms with Crippen LogP contribution < -0.4 is 10.6 Å². The Morgan fingerprint density at radius 3 is 2.83 bits per heavy atom. The Kier molecular flexibility index (Phi) is 4.28. The number of anilines is 1. The van der Waals surface area contributed by atoms with Crippen LogP contribution in [0.1, 0.15) is 48.2 Å². The highest BCUT2D eigenvalue weighted by atomic mass is 16.1. The summed E-state index contributed by atoms with van der Waals surface area (Å²) in [5.41, 5.74) is 1.11. The molecule has 0 unspecified atom stereocenters. The third-order valence-electron chi connectivity index (χ3n) is 4.01. The monoisotopic (exact) mass is 311 g/mol. The van der Waals surface area contributed by atoms with E-state index in [1.807, 2.05) is 6.92 Å². The van der Waals surface area contributed by atoms with Gasteiger partial charge in [-0.25, -0.2) is 4.98 Å². The van der Waals surface area contributed by atoms with Gasteiger partial charge in [0.1, 0.15) is 5.82 Å². The minimum absolute atomic E-state index is 0.0953. The molecule has 23 heavy (non-hydrogen) atoms. The van der Waals surface area contributed by atoms with Gasteiger partial charge >= 0.3 is 0 Å². The third kappa shape index (κ3) is 4.28. The Labute approximate surface area is 136 Å². The molecule has 6 heteroatoms. The predicted molar refractivity (Wildman–Crippen MR) is 88.2 cm³/mol. The highest BCUT2D eigenvalue weighted by Crippen LogP contribution is 2.36. The molecule has 1 aliphatic heterocycles. The lowest BCUT2D eigenvalue weighted by Gasteiger charge is -2.11. The van der Waals surface area contributed by atoms with Crippen molar-refractivity contribution in [2.24, 2.45) is 10.2 Å². The van der Waals surface area contributed by atoms with Crippen molar-refractivity contribution in [3.8, 4) is 12.3 Å². The standard InChI is InChI=1S/C17H21N5O/c1-3-4-7-17(21-22-17)8-9-18-16(23)13-10-12(2)19-15(11-13)20-14-5-6-14/h1,10-11,14H,4-9H2,2H3,(H,18,23)(H,19,20). The fourth-order valence-corrected chi connectivity index (χ4v) is 2.46. The summed E-state index contributed by atoms with van der Waals surface area (Å²) in [4.78, 5) is 16.7. The zero-order valence-corrected chi connectivity index (χ0v) is 13.3. The largest absolute Gasteiger partial charge is 0.367 e. The van der Waals surface area contributed by atoms with Gasteiger partial charge in [0.05, 0.1) is 0 Å². The molecule has 1 aromatic heterocycles. The van der Waals surface area contributed by atoms with Gasteiger partial charge in [-0.05, 0) is 31.9 Å². The number of terminal acetylenes is 1. The van der Waals surface area contributed by atoms with Crippen molar-refractivity contribution in [3.63, 3.8) is 0 Å². The number of nitrogens with zero attached hydrogens (tertiary/aromatic N) is 3. The molecule has 1 amide bonds. The van der Waals surface area contributed by atoms with Crippen molar-refractivity contribution in [1.29, 1.82) is 0 Å². The molecule has 1 fully saturated rings. The van der Waals surface area contributed by atoms with E-state index in [2.05, 4.69) is 31.8 Å². The van der Waals surface area contributed by atoms with Gasteiger partial charge in [-0.3, -0.25) is 4.79 Å². The van der Waals surface area contributed by atoms with Crippen LogP contribution in [-0.4, -0.2) is 29.1 Å². The number of aromatic nitrogens is 1. The van der Waals surface area contributed by atoms with E-state index < -0.39 is 0 Å². The quantitative estimate of drug-likeness (QED) is 0.724. The Morgan fingerprint density at radius 1 is 1.39 bits per heavy atom. The van der Waals surface area contributed by atoms with Crippen LogP contribution in [0.3, 0.4) is 0 Å². The Balaban J connectivity index is 1.51. The van der Waals surface area contributed by atoms with Gasteiger partial charge in [0.25, 0.3) is 5.91 Å². The first-order valence-electron chi connectivity index (χ1n) is 8.01. The maximum atomic E-state index is 12.3. The maximum Gasteiger partial charge on any atom is 0.251 e. The van der Waals surface area contributed by atoms with Crippen molar-refractivity contribution in [1.82, 2.24) is 10.3 Å². The van der Waals surface area contributed by atoms with Gasteiger partial charge in [0.15, 0.2) is 5.66 Å². The molecule has 3 rings (SSSR count). The van der Waals surface area contributed by atoms with Crippen LogP contribution in [0.5, 0.6) is 0 Å². The zero-order chi connectivity index (χ0) is 16.3. The first-order valence-corrected chi connectivity index (χ1v) is 8.01. The summed E-state index contributed by atoms with van der Waals surface area (Å²) in [7, 11) is 0. The molecule has 1 saturated carbocycles.